The van der Waals surface area contributed by atoms with E-state index in [1.807, 2.05) is 13.8 Å². The molecule has 4 rings (SSSR count). The van der Waals surface area contributed by atoms with Crippen molar-refractivity contribution in [1.82, 2.24) is 20.0 Å². The van der Waals surface area contributed by atoms with E-state index in [2.05, 4.69) is 10.2 Å². The molecule has 2 atom stereocenters. The lowest BCUT2D eigenvalue weighted by Crippen LogP contribution is -2.56. The number of likely N-dealkylation sites (N-methyl/N-ethyl adjacent to an activating group) is 1. The maximum atomic E-state index is 13.5. The highest BCUT2D eigenvalue weighted by atomic mass is 16.5. The molecular weight excluding hydrogens is 504 g/mol. The Bertz CT molecular complexity index is 1230. The number of ether oxygens (including phenoxy) is 3. The van der Waals surface area contributed by atoms with Gasteiger partial charge in [0, 0.05) is 50.0 Å². The molecule has 1 N–H and O–H groups in total. The highest BCUT2D eigenvalue weighted by Crippen LogP contribution is 2.38. The van der Waals surface area contributed by atoms with Crippen LogP contribution in [0.4, 0.5) is 4.79 Å². The maximum Gasteiger partial charge on any atom is 0.338 e. The number of amides is 3. The van der Waals surface area contributed by atoms with Crippen LogP contribution in [0.15, 0.2) is 52.3 Å². The van der Waals surface area contributed by atoms with Gasteiger partial charge in [-0.05, 0) is 51.1 Å². The zero-order valence-corrected chi connectivity index (χ0v) is 23.1. The van der Waals surface area contributed by atoms with E-state index < -0.39 is 12.0 Å². The van der Waals surface area contributed by atoms with E-state index in [9.17, 15) is 14.4 Å². The van der Waals surface area contributed by atoms with Gasteiger partial charge in [0.1, 0.15) is 11.5 Å². The topological polar surface area (TPSA) is 114 Å². The molecule has 1 saturated heterocycles. The number of nitrogens with zero attached hydrogens (tertiary/aromatic N) is 3. The second kappa shape index (κ2) is 12.2. The minimum Gasteiger partial charge on any atom is -0.497 e. The molecule has 1 aromatic heterocycles. The average molecular weight is 541 g/mol. The number of benzene rings is 1. The smallest absolute Gasteiger partial charge is 0.338 e. The Balaban J connectivity index is 1.70. The molecule has 2 aromatic rings. The fraction of sp³-hybridized carbons (Fsp3) is 0.464. The Morgan fingerprint density at radius 2 is 1.92 bits per heavy atom. The molecule has 1 fully saturated rings. The summed E-state index contributed by atoms with van der Waals surface area (Å²) in [4.78, 5) is 45.2. The highest BCUT2D eigenvalue weighted by molar-refractivity contribution is 5.95. The van der Waals surface area contributed by atoms with Crippen LogP contribution in [0.5, 0.6) is 11.5 Å². The van der Waals surface area contributed by atoms with Crippen LogP contribution < -0.4 is 14.8 Å². The number of furan rings is 1. The molecule has 0 aliphatic carbocycles. The van der Waals surface area contributed by atoms with Crippen LogP contribution in [0.3, 0.4) is 0 Å². The third-order valence-corrected chi connectivity index (χ3v) is 7.08. The lowest BCUT2D eigenvalue weighted by Gasteiger charge is -2.42. The molecule has 1 aromatic carbocycles. The maximum absolute atomic E-state index is 13.5. The quantitative estimate of drug-likeness (QED) is 0.483. The Hall–Kier alpha value is -3.99. The Morgan fingerprint density at radius 3 is 2.54 bits per heavy atom. The number of carbonyl (C=O) groups is 3. The third-order valence-electron chi connectivity index (χ3n) is 7.08. The SMILES string of the molecule is CCOC(=O)C1=C(CN2CCN(C(=O)c3ccco3)C(C)C2)N(CC)C(=O)NC1c1cc(OC)ccc1OC. The molecule has 11 nitrogen and oxygen atoms in total. The molecule has 0 bridgehead atoms. The summed E-state index contributed by atoms with van der Waals surface area (Å²) in [5.41, 5.74) is 1.49. The van der Waals surface area contributed by atoms with Crippen LogP contribution in [0.25, 0.3) is 0 Å². The number of hydrogen-bond acceptors (Lipinski definition) is 8. The Kier molecular flexibility index (Phi) is 8.80. The molecule has 0 radical (unpaired) electrons. The molecule has 3 amide bonds. The van der Waals surface area contributed by atoms with E-state index >= 15 is 0 Å². The second-order valence-corrected chi connectivity index (χ2v) is 9.38. The summed E-state index contributed by atoms with van der Waals surface area (Å²) < 4.78 is 21.8. The number of methoxy groups -OCH3 is 2. The Morgan fingerprint density at radius 1 is 1.13 bits per heavy atom. The molecule has 210 valence electrons. The van der Waals surface area contributed by atoms with E-state index in [1.165, 1.54) is 13.4 Å². The lowest BCUT2D eigenvalue weighted by molar-refractivity contribution is -0.139. The number of piperazine rings is 1. The lowest BCUT2D eigenvalue weighted by atomic mass is 9.93. The van der Waals surface area contributed by atoms with Crippen molar-refractivity contribution in [2.75, 3.05) is 53.6 Å². The minimum absolute atomic E-state index is 0.107. The van der Waals surface area contributed by atoms with Gasteiger partial charge in [-0.25, -0.2) is 9.59 Å². The van der Waals surface area contributed by atoms with E-state index in [-0.39, 0.29) is 24.6 Å². The molecule has 2 unspecified atom stereocenters. The number of hydrogen-bond donors (Lipinski definition) is 1. The van der Waals surface area contributed by atoms with Crippen LogP contribution in [0.2, 0.25) is 0 Å². The van der Waals surface area contributed by atoms with Gasteiger partial charge in [-0.3, -0.25) is 14.6 Å². The highest BCUT2D eigenvalue weighted by Gasteiger charge is 2.40. The van der Waals surface area contributed by atoms with Gasteiger partial charge in [0.2, 0.25) is 0 Å². The first kappa shape index (κ1) is 28.0. The Labute approximate surface area is 228 Å². The van der Waals surface area contributed by atoms with E-state index in [1.54, 1.807) is 54.2 Å². The molecule has 11 heteroatoms. The predicted molar refractivity (Wildman–Crippen MR) is 143 cm³/mol. The molecule has 2 aliphatic rings. The fourth-order valence-electron chi connectivity index (χ4n) is 5.19. The average Bonchev–Trinajstić information content (AvgIpc) is 3.47. The standard InChI is InChI=1S/C28H36N4O7/c1-6-31-21(17-30-12-13-32(18(3)16-30)26(33)23-9-8-14-39-23)24(27(34)38-7-2)25(29-28(31)35)20-15-19(36-4)10-11-22(20)37-5/h8-11,14-15,18,25H,6-7,12-13,16-17H2,1-5H3,(H,29,35). The van der Waals surface area contributed by atoms with Gasteiger partial charge in [-0.1, -0.05) is 0 Å². The summed E-state index contributed by atoms with van der Waals surface area (Å²) in [6.45, 7) is 8.04. The minimum atomic E-state index is -0.807. The van der Waals surface area contributed by atoms with Crippen molar-refractivity contribution in [1.29, 1.82) is 0 Å². The van der Waals surface area contributed by atoms with Gasteiger partial charge in [-0.15, -0.1) is 0 Å². The number of carbonyl (C=O) groups excluding carboxylic acids is 3. The van der Waals surface area contributed by atoms with E-state index in [0.717, 1.165) is 0 Å². The van der Waals surface area contributed by atoms with Gasteiger partial charge in [-0.2, -0.15) is 0 Å². The fourth-order valence-corrected chi connectivity index (χ4v) is 5.19. The first-order valence-corrected chi connectivity index (χ1v) is 13.1. The number of esters is 1. The normalized spacial score (nSPS) is 20.1. The second-order valence-electron chi connectivity index (χ2n) is 9.38. The first-order chi connectivity index (χ1) is 18.8. The van der Waals surface area contributed by atoms with Crippen molar-refractivity contribution in [3.05, 3.63) is 59.2 Å². The van der Waals surface area contributed by atoms with Crippen LogP contribution in [-0.4, -0.2) is 92.2 Å². The van der Waals surface area contributed by atoms with Gasteiger partial charge in [0.15, 0.2) is 5.76 Å². The molecule has 3 heterocycles. The van der Waals surface area contributed by atoms with Gasteiger partial charge < -0.3 is 28.8 Å². The molecular formula is C28H36N4O7. The van der Waals surface area contributed by atoms with Crippen molar-refractivity contribution in [2.45, 2.75) is 32.9 Å². The van der Waals surface area contributed by atoms with Crippen molar-refractivity contribution < 1.29 is 33.0 Å². The molecule has 0 saturated carbocycles. The van der Waals surface area contributed by atoms with E-state index in [0.29, 0.717) is 66.8 Å². The summed E-state index contributed by atoms with van der Waals surface area (Å²) in [7, 11) is 3.09. The summed E-state index contributed by atoms with van der Waals surface area (Å²) in [5.74, 6) is 0.704. The largest absolute Gasteiger partial charge is 0.497 e. The summed E-state index contributed by atoms with van der Waals surface area (Å²) in [6.07, 6.45) is 1.48. The predicted octanol–water partition coefficient (Wildman–Crippen LogP) is 3.05. The first-order valence-electron chi connectivity index (χ1n) is 13.1. The monoisotopic (exact) mass is 540 g/mol. The van der Waals surface area contributed by atoms with Crippen molar-refractivity contribution in [3.63, 3.8) is 0 Å². The number of nitrogens with one attached hydrogen (secondary N) is 1. The van der Waals surface area contributed by atoms with E-state index in [4.69, 9.17) is 18.6 Å². The zero-order valence-electron chi connectivity index (χ0n) is 23.1. The molecule has 2 aliphatic heterocycles. The van der Waals surface area contributed by atoms with Crippen LogP contribution in [-0.2, 0) is 9.53 Å². The van der Waals surface area contributed by atoms with Crippen LogP contribution >= 0.6 is 0 Å². The number of rotatable bonds is 9. The van der Waals surface area contributed by atoms with Gasteiger partial charge >= 0.3 is 12.0 Å². The van der Waals surface area contributed by atoms with Crippen molar-refractivity contribution in [2.24, 2.45) is 0 Å². The third kappa shape index (κ3) is 5.73. The summed E-state index contributed by atoms with van der Waals surface area (Å²) in [5, 5.41) is 2.97. The molecule has 39 heavy (non-hydrogen) atoms. The van der Waals surface area contributed by atoms with Gasteiger partial charge in [0.25, 0.3) is 5.91 Å². The van der Waals surface area contributed by atoms with Gasteiger partial charge in [0.05, 0.1) is 38.7 Å². The van der Waals surface area contributed by atoms with Crippen molar-refractivity contribution >= 4 is 17.9 Å². The van der Waals surface area contributed by atoms with Crippen LogP contribution in [0.1, 0.15) is 42.9 Å². The van der Waals surface area contributed by atoms with Crippen molar-refractivity contribution in [3.8, 4) is 11.5 Å². The summed E-state index contributed by atoms with van der Waals surface area (Å²) in [6, 6.07) is 7.36. The summed E-state index contributed by atoms with van der Waals surface area (Å²) >= 11 is 0. The number of urea groups is 1. The molecule has 0 spiro atoms. The van der Waals surface area contributed by atoms with Crippen LogP contribution in [0, 0.1) is 0 Å². The zero-order chi connectivity index (χ0) is 28.1.